The lowest BCUT2D eigenvalue weighted by Crippen LogP contribution is -2.50. The molecule has 0 saturated carbocycles. The number of rotatable bonds is 10. The molecule has 0 aliphatic carbocycles. The summed E-state index contributed by atoms with van der Waals surface area (Å²) in [4.78, 5) is 33.3. The van der Waals surface area contributed by atoms with Gasteiger partial charge in [0.15, 0.2) is 0 Å². The van der Waals surface area contributed by atoms with Crippen LogP contribution in [0.2, 0.25) is 0 Å². The molecule has 0 heterocycles. The molecule has 0 spiro atoms. The Kier molecular flexibility index (Phi) is 7.96. The maximum Gasteiger partial charge on any atom is 0.246 e. The summed E-state index contributed by atoms with van der Waals surface area (Å²) >= 11 is 0. The molecule has 0 fully saturated rings. The van der Waals surface area contributed by atoms with Crippen molar-refractivity contribution in [1.29, 1.82) is 0 Å². The van der Waals surface area contributed by atoms with Crippen LogP contribution in [0.5, 0.6) is 0 Å². The van der Waals surface area contributed by atoms with Gasteiger partial charge in [0.05, 0.1) is 0 Å². The first kappa shape index (κ1) is 17.9. The molecule has 1 atom stereocenters. The van der Waals surface area contributed by atoms with E-state index in [-0.39, 0.29) is 11.8 Å². The minimum absolute atomic E-state index is 0.246. The van der Waals surface area contributed by atoms with Crippen molar-refractivity contribution in [3.63, 3.8) is 0 Å². The molecule has 1 unspecified atom stereocenters. The summed E-state index contributed by atoms with van der Waals surface area (Å²) in [5.74, 6) is -0.538. The number of hydrogen-bond donors (Lipinski definition) is 3. The number of carbonyl (C=O) groups excluding carboxylic acids is 3. The lowest BCUT2D eigenvalue weighted by molar-refractivity contribution is -0.117. The molecule has 0 aromatic heterocycles. The van der Waals surface area contributed by atoms with Crippen molar-refractivity contribution in [2.24, 2.45) is 5.41 Å². The SMILES string of the molecule is C=CC(=O)NCC(CC)(CNC=O)CNC(=O)C(=C)C. The van der Waals surface area contributed by atoms with Gasteiger partial charge in [0.2, 0.25) is 18.2 Å². The number of nitrogens with one attached hydrogen (secondary N) is 3. The van der Waals surface area contributed by atoms with Gasteiger partial charge in [0.25, 0.3) is 0 Å². The molecule has 3 amide bonds. The zero-order chi connectivity index (χ0) is 15.6. The van der Waals surface area contributed by atoms with Crippen molar-refractivity contribution in [3.8, 4) is 0 Å². The van der Waals surface area contributed by atoms with E-state index in [1.54, 1.807) is 6.92 Å². The van der Waals surface area contributed by atoms with Crippen LogP contribution in [-0.4, -0.2) is 37.9 Å². The van der Waals surface area contributed by atoms with Gasteiger partial charge in [-0.25, -0.2) is 0 Å². The van der Waals surface area contributed by atoms with Gasteiger partial charge >= 0.3 is 0 Å². The molecule has 0 aliphatic rings. The van der Waals surface area contributed by atoms with E-state index in [0.717, 1.165) is 0 Å². The fourth-order valence-corrected chi connectivity index (χ4v) is 1.59. The highest BCUT2D eigenvalue weighted by atomic mass is 16.2. The van der Waals surface area contributed by atoms with Crippen LogP contribution in [0.25, 0.3) is 0 Å². The second-order valence-electron chi connectivity index (χ2n) is 4.74. The molecule has 112 valence electrons. The van der Waals surface area contributed by atoms with E-state index in [4.69, 9.17) is 0 Å². The summed E-state index contributed by atoms with van der Waals surface area (Å²) in [6.45, 7) is 11.5. The highest BCUT2D eigenvalue weighted by Gasteiger charge is 2.29. The third-order valence-corrected chi connectivity index (χ3v) is 3.14. The molecule has 0 rings (SSSR count). The van der Waals surface area contributed by atoms with E-state index in [1.807, 2.05) is 6.92 Å². The molecule has 6 nitrogen and oxygen atoms in total. The van der Waals surface area contributed by atoms with Crippen LogP contribution in [0, 0.1) is 5.41 Å². The molecular weight excluding hydrogens is 258 g/mol. The van der Waals surface area contributed by atoms with Crippen LogP contribution in [0.4, 0.5) is 0 Å². The maximum absolute atomic E-state index is 11.6. The second-order valence-corrected chi connectivity index (χ2v) is 4.74. The van der Waals surface area contributed by atoms with Crippen LogP contribution < -0.4 is 16.0 Å². The predicted octanol–water partition coefficient (Wildman–Crippen LogP) is 0.123. The Balaban J connectivity index is 4.76. The van der Waals surface area contributed by atoms with Crippen molar-refractivity contribution in [2.45, 2.75) is 20.3 Å². The summed E-state index contributed by atoms with van der Waals surface area (Å²) in [5.41, 5.74) is -0.0431. The van der Waals surface area contributed by atoms with Crippen LogP contribution in [0.1, 0.15) is 20.3 Å². The Morgan fingerprint density at radius 1 is 1.20 bits per heavy atom. The molecule has 0 radical (unpaired) electrons. The number of carbonyl (C=O) groups is 3. The quantitative estimate of drug-likeness (QED) is 0.393. The monoisotopic (exact) mass is 281 g/mol. The Bertz CT molecular complexity index is 393. The Labute approximate surface area is 119 Å². The van der Waals surface area contributed by atoms with Gasteiger partial charge in [-0.1, -0.05) is 20.1 Å². The summed E-state index contributed by atoms with van der Waals surface area (Å²) in [5, 5.41) is 8.06. The average Bonchev–Trinajstić information content (AvgIpc) is 2.46. The third kappa shape index (κ3) is 6.17. The van der Waals surface area contributed by atoms with E-state index in [1.165, 1.54) is 6.08 Å². The van der Waals surface area contributed by atoms with Crippen LogP contribution in [0.15, 0.2) is 24.8 Å². The zero-order valence-electron chi connectivity index (χ0n) is 12.1. The topological polar surface area (TPSA) is 87.3 Å². The van der Waals surface area contributed by atoms with Gasteiger partial charge in [-0.15, -0.1) is 0 Å². The van der Waals surface area contributed by atoms with E-state index in [0.29, 0.717) is 38.0 Å². The summed E-state index contributed by atoms with van der Waals surface area (Å²) in [6.07, 6.45) is 2.45. The summed E-state index contributed by atoms with van der Waals surface area (Å²) < 4.78 is 0. The highest BCUT2D eigenvalue weighted by molar-refractivity contribution is 5.92. The normalized spacial score (nSPS) is 12.7. The van der Waals surface area contributed by atoms with Crippen LogP contribution in [-0.2, 0) is 14.4 Å². The Morgan fingerprint density at radius 3 is 2.25 bits per heavy atom. The van der Waals surface area contributed by atoms with Gasteiger partial charge in [0, 0.05) is 30.6 Å². The van der Waals surface area contributed by atoms with Gasteiger partial charge in [-0.2, -0.15) is 0 Å². The van der Waals surface area contributed by atoms with Gasteiger partial charge in [0.1, 0.15) is 0 Å². The lowest BCUT2D eigenvalue weighted by atomic mass is 9.84. The van der Waals surface area contributed by atoms with Gasteiger partial charge in [-0.05, 0) is 19.4 Å². The highest BCUT2D eigenvalue weighted by Crippen LogP contribution is 2.19. The number of hydrogen-bond acceptors (Lipinski definition) is 3. The van der Waals surface area contributed by atoms with Gasteiger partial charge < -0.3 is 16.0 Å². The first-order valence-corrected chi connectivity index (χ1v) is 6.42. The first-order chi connectivity index (χ1) is 9.40. The molecule has 6 heteroatoms. The smallest absolute Gasteiger partial charge is 0.246 e. The maximum atomic E-state index is 11.6. The summed E-state index contributed by atoms with van der Waals surface area (Å²) in [7, 11) is 0. The minimum atomic E-state index is -0.454. The standard InChI is InChI=1S/C14H23N3O3/c1-5-12(19)16-8-14(6-2,7-15-10-18)9-17-13(20)11(3)4/h5,10H,1,3,6-9H2,2,4H3,(H,15,18)(H,16,19)(H,17,20). The van der Waals surface area contributed by atoms with Crippen LogP contribution in [0.3, 0.4) is 0 Å². The van der Waals surface area contributed by atoms with Crippen molar-refractivity contribution in [3.05, 3.63) is 24.8 Å². The fourth-order valence-electron chi connectivity index (χ4n) is 1.59. The molecule has 0 saturated heterocycles. The van der Waals surface area contributed by atoms with Crippen molar-refractivity contribution >= 4 is 18.2 Å². The van der Waals surface area contributed by atoms with Crippen LogP contribution >= 0.6 is 0 Å². The number of amides is 3. The first-order valence-electron chi connectivity index (χ1n) is 6.42. The van der Waals surface area contributed by atoms with Crippen molar-refractivity contribution in [2.75, 3.05) is 19.6 Å². The van der Waals surface area contributed by atoms with Crippen molar-refractivity contribution in [1.82, 2.24) is 16.0 Å². The third-order valence-electron chi connectivity index (χ3n) is 3.14. The molecule has 20 heavy (non-hydrogen) atoms. The van der Waals surface area contributed by atoms with E-state index < -0.39 is 5.41 Å². The second kappa shape index (κ2) is 8.90. The molecule has 0 aliphatic heterocycles. The molecule has 0 bridgehead atoms. The van der Waals surface area contributed by atoms with E-state index in [9.17, 15) is 14.4 Å². The Hall–Kier alpha value is -2.11. The van der Waals surface area contributed by atoms with E-state index >= 15 is 0 Å². The lowest BCUT2D eigenvalue weighted by Gasteiger charge is -2.32. The Morgan fingerprint density at radius 2 is 1.80 bits per heavy atom. The molecule has 3 N–H and O–H groups in total. The van der Waals surface area contributed by atoms with Crippen molar-refractivity contribution < 1.29 is 14.4 Å². The molecule has 0 aromatic carbocycles. The van der Waals surface area contributed by atoms with E-state index in [2.05, 4.69) is 29.1 Å². The largest absolute Gasteiger partial charge is 0.358 e. The van der Waals surface area contributed by atoms with Gasteiger partial charge in [-0.3, -0.25) is 14.4 Å². The summed E-state index contributed by atoms with van der Waals surface area (Å²) in [6, 6.07) is 0. The molecule has 0 aromatic rings. The predicted molar refractivity (Wildman–Crippen MR) is 77.8 cm³/mol. The fraction of sp³-hybridized carbons (Fsp3) is 0.500. The average molecular weight is 281 g/mol. The minimum Gasteiger partial charge on any atom is -0.358 e. The molecular formula is C14H23N3O3. The zero-order valence-corrected chi connectivity index (χ0v) is 12.1.